The van der Waals surface area contributed by atoms with Gasteiger partial charge in [0.1, 0.15) is 36.1 Å². The highest BCUT2D eigenvalue weighted by Crippen LogP contribution is 2.46. The summed E-state index contributed by atoms with van der Waals surface area (Å²) in [6.45, 7) is -0.680. The molecule has 7 rings (SSSR count). The van der Waals surface area contributed by atoms with Crippen LogP contribution in [0.15, 0.2) is 36.4 Å². The summed E-state index contributed by atoms with van der Waals surface area (Å²) in [5.41, 5.74) is 1.15. The predicted molar refractivity (Wildman–Crippen MR) is 130 cm³/mol. The molecule has 0 aliphatic carbocycles. The van der Waals surface area contributed by atoms with E-state index in [-0.39, 0.29) is 43.8 Å². The van der Waals surface area contributed by atoms with Crippen LogP contribution in [-0.2, 0) is 4.74 Å². The summed E-state index contributed by atoms with van der Waals surface area (Å²) >= 11 is 0. The molecule has 5 atom stereocenters. The minimum Gasteiger partial charge on any atom is -0.394 e. The van der Waals surface area contributed by atoms with Crippen LogP contribution in [0.4, 0.5) is 8.78 Å². The number of amides is 2. The van der Waals surface area contributed by atoms with Crippen LogP contribution in [0.25, 0.3) is 43.6 Å². The summed E-state index contributed by atoms with van der Waals surface area (Å²) in [5, 5.41) is 44.8. The molecule has 38 heavy (non-hydrogen) atoms. The molecule has 5 aromatic rings. The molecule has 2 aliphatic heterocycles. The van der Waals surface area contributed by atoms with Crippen molar-refractivity contribution in [1.29, 1.82) is 0 Å². The van der Waals surface area contributed by atoms with Crippen molar-refractivity contribution in [3.8, 4) is 0 Å². The van der Waals surface area contributed by atoms with Gasteiger partial charge >= 0.3 is 0 Å². The number of halogens is 2. The molecular formula is C26H19F2N3O7. The summed E-state index contributed by atoms with van der Waals surface area (Å²) in [5.74, 6) is -2.65. The first-order valence-corrected chi connectivity index (χ1v) is 11.8. The van der Waals surface area contributed by atoms with Gasteiger partial charge in [-0.05, 0) is 36.4 Å². The number of fused-ring (bicyclic) bond motifs is 10. The van der Waals surface area contributed by atoms with Gasteiger partial charge in [0.25, 0.3) is 11.8 Å². The van der Waals surface area contributed by atoms with Crippen molar-refractivity contribution in [2.24, 2.45) is 0 Å². The van der Waals surface area contributed by atoms with Crippen LogP contribution in [0.3, 0.4) is 0 Å². The van der Waals surface area contributed by atoms with Crippen molar-refractivity contribution >= 4 is 55.4 Å². The lowest BCUT2D eigenvalue weighted by atomic mass is 9.96. The monoisotopic (exact) mass is 523 g/mol. The van der Waals surface area contributed by atoms with E-state index in [1.807, 2.05) is 0 Å². The van der Waals surface area contributed by atoms with E-state index in [4.69, 9.17) is 4.74 Å². The molecule has 1 unspecified atom stereocenters. The Morgan fingerprint density at radius 2 is 1.53 bits per heavy atom. The summed E-state index contributed by atoms with van der Waals surface area (Å²) in [7, 11) is 0. The molecule has 3 aromatic carbocycles. The number of carbonyl (C=O) groups is 2. The highest BCUT2D eigenvalue weighted by molar-refractivity contribution is 6.39. The number of imide groups is 1. The second kappa shape index (κ2) is 7.79. The number of benzene rings is 3. The van der Waals surface area contributed by atoms with Crippen LogP contribution in [0.2, 0.25) is 0 Å². The third-order valence-electron chi connectivity index (χ3n) is 7.52. The molecule has 0 spiro atoms. The van der Waals surface area contributed by atoms with Crippen LogP contribution >= 0.6 is 0 Å². The second-order valence-corrected chi connectivity index (χ2v) is 9.57. The van der Waals surface area contributed by atoms with Gasteiger partial charge < -0.3 is 34.7 Å². The van der Waals surface area contributed by atoms with Gasteiger partial charge in [0, 0.05) is 27.1 Å². The molecule has 1 saturated heterocycles. The minimum atomic E-state index is -1.72. The number of H-pyrrole nitrogens is 1. The molecule has 2 aliphatic rings. The molecule has 194 valence electrons. The first-order chi connectivity index (χ1) is 18.2. The van der Waals surface area contributed by atoms with Gasteiger partial charge in [-0.2, -0.15) is 0 Å². The molecule has 2 aromatic heterocycles. The number of ether oxygens (including phenoxy) is 1. The Hall–Kier alpha value is -3.94. The fraction of sp³-hybridized carbons (Fsp3) is 0.231. The summed E-state index contributed by atoms with van der Waals surface area (Å²) in [6, 6.07) is 7.63. The minimum absolute atomic E-state index is 0.00790. The average Bonchev–Trinajstić information content (AvgIpc) is 3.51. The topological polar surface area (TPSA) is 157 Å². The Labute approximate surface area is 210 Å². The van der Waals surface area contributed by atoms with E-state index in [9.17, 15) is 38.8 Å². The number of nitrogens with zero attached hydrogens (tertiary/aromatic N) is 1. The van der Waals surface area contributed by atoms with Crippen molar-refractivity contribution in [2.45, 2.75) is 30.6 Å². The van der Waals surface area contributed by atoms with Gasteiger partial charge in [-0.15, -0.1) is 0 Å². The van der Waals surface area contributed by atoms with E-state index in [1.165, 1.54) is 34.9 Å². The predicted octanol–water partition coefficient (Wildman–Crippen LogP) is 1.56. The van der Waals surface area contributed by atoms with Crippen LogP contribution in [0.1, 0.15) is 26.9 Å². The zero-order valence-corrected chi connectivity index (χ0v) is 19.3. The third kappa shape index (κ3) is 2.86. The SMILES string of the molecule is O=C1NC(=O)c2c1c1c3cc(F)ccc3[nH]c1c1c2c2cc(F)ccc2n1C1O[C@H](CO)[C@@H](O)[C@H](O)[C@H]1O. The molecule has 6 N–H and O–H groups in total. The summed E-state index contributed by atoms with van der Waals surface area (Å²) in [4.78, 5) is 29.3. The molecule has 1 fully saturated rings. The lowest BCUT2D eigenvalue weighted by Gasteiger charge is -2.41. The molecular weight excluding hydrogens is 504 g/mol. The maximum Gasteiger partial charge on any atom is 0.259 e. The molecule has 10 nitrogen and oxygen atoms in total. The number of aliphatic hydroxyl groups excluding tert-OH is 4. The lowest BCUT2D eigenvalue weighted by molar-refractivity contribution is -0.249. The van der Waals surface area contributed by atoms with Crippen LogP contribution in [-0.4, -0.2) is 72.8 Å². The maximum atomic E-state index is 14.6. The van der Waals surface area contributed by atoms with Crippen molar-refractivity contribution < 1.29 is 43.5 Å². The van der Waals surface area contributed by atoms with E-state index in [0.717, 1.165) is 6.07 Å². The van der Waals surface area contributed by atoms with E-state index in [2.05, 4.69) is 10.3 Å². The van der Waals surface area contributed by atoms with Crippen molar-refractivity contribution in [3.05, 3.63) is 59.2 Å². The number of rotatable bonds is 2. The van der Waals surface area contributed by atoms with Gasteiger partial charge in [-0.3, -0.25) is 14.9 Å². The lowest BCUT2D eigenvalue weighted by Crippen LogP contribution is -2.56. The Balaban J connectivity index is 1.72. The fourth-order valence-corrected chi connectivity index (χ4v) is 5.88. The average molecular weight is 523 g/mol. The maximum absolute atomic E-state index is 14.6. The van der Waals surface area contributed by atoms with E-state index < -0.39 is 60.7 Å². The molecule has 0 saturated carbocycles. The first kappa shape index (κ1) is 23.2. The Kier molecular flexibility index (Phi) is 4.75. The zero-order valence-electron chi connectivity index (χ0n) is 19.3. The molecule has 2 amide bonds. The smallest absolute Gasteiger partial charge is 0.259 e. The number of nitrogens with one attached hydrogen (secondary N) is 2. The highest BCUT2D eigenvalue weighted by atomic mass is 19.1. The summed E-state index contributed by atoms with van der Waals surface area (Å²) in [6.07, 6.45) is -7.72. The molecule has 4 heterocycles. The van der Waals surface area contributed by atoms with Crippen LogP contribution in [0.5, 0.6) is 0 Å². The molecule has 0 radical (unpaired) electrons. The van der Waals surface area contributed by atoms with Gasteiger partial charge in [0.2, 0.25) is 0 Å². The summed E-state index contributed by atoms with van der Waals surface area (Å²) < 4.78 is 36.2. The van der Waals surface area contributed by atoms with Crippen molar-refractivity contribution in [2.75, 3.05) is 6.61 Å². The van der Waals surface area contributed by atoms with Crippen LogP contribution < -0.4 is 5.32 Å². The molecule has 12 heteroatoms. The number of aliphatic hydroxyl groups is 4. The van der Waals surface area contributed by atoms with Gasteiger partial charge in [-0.1, -0.05) is 0 Å². The zero-order chi connectivity index (χ0) is 26.6. The first-order valence-electron chi connectivity index (χ1n) is 11.8. The van der Waals surface area contributed by atoms with E-state index >= 15 is 0 Å². The quantitative estimate of drug-likeness (QED) is 0.192. The van der Waals surface area contributed by atoms with E-state index in [1.54, 1.807) is 0 Å². The van der Waals surface area contributed by atoms with Gasteiger partial charge in [0.05, 0.1) is 34.3 Å². The number of hydrogen-bond acceptors (Lipinski definition) is 7. The Bertz CT molecular complexity index is 1860. The number of aromatic nitrogens is 2. The van der Waals surface area contributed by atoms with Crippen LogP contribution in [0, 0.1) is 11.6 Å². The Morgan fingerprint density at radius 1 is 0.868 bits per heavy atom. The largest absolute Gasteiger partial charge is 0.394 e. The number of aromatic amines is 1. The van der Waals surface area contributed by atoms with Gasteiger partial charge in [0.15, 0.2) is 6.23 Å². The third-order valence-corrected chi connectivity index (χ3v) is 7.52. The number of carbonyl (C=O) groups excluding carboxylic acids is 2. The Morgan fingerprint density at radius 3 is 2.24 bits per heavy atom. The van der Waals surface area contributed by atoms with Gasteiger partial charge in [-0.25, -0.2) is 8.78 Å². The van der Waals surface area contributed by atoms with Crippen molar-refractivity contribution in [3.63, 3.8) is 0 Å². The van der Waals surface area contributed by atoms with Crippen molar-refractivity contribution in [1.82, 2.24) is 14.9 Å². The normalized spacial score (nSPS) is 25.7. The fourth-order valence-electron chi connectivity index (χ4n) is 5.88. The highest BCUT2D eigenvalue weighted by Gasteiger charge is 2.46. The standard InChI is InChI=1S/C26H19F2N3O7/c27-8-1-3-12-10(5-8)15-17-18(25(37)30-24(17)36)16-11-6-9(28)2-4-13(11)31(20(16)19(15)29-12)26-23(35)22(34)21(33)14(7-32)38-26/h1-6,14,21-23,26,29,32-35H,7H2,(H,30,36,37)/t14-,21-,22+,23-,26?/m1/s1. The molecule has 0 bridgehead atoms. The second-order valence-electron chi connectivity index (χ2n) is 9.57. The number of hydrogen-bond donors (Lipinski definition) is 6. The van der Waals surface area contributed by atoms with E-state index in [0.29, 0.717) is 10.9 Å².